The molecule has 2 aromatic carbocycles. The Morgan fingerprint density at radius 3 is 2.57 bits per heavy atom. The maximum atomic E-state index is 12.8. The number of furan rings is 1. The SMILES string of the molecule is O=C(NCc1ccc2c(c1)OCO2)N(Cc1ccc(O)cc1)Cc1ccco1. The number of carbonyl (C=O) groups is 1. The molecule has 2 N–H and O–H groups in total. The van der Waals surface area contributed by atoms with Crippen molar-refractivity contribution in [1.29, 1.82) is 0 Å². The van der Waals surface area contributed by atoms with Gasteiger partial charge >= 0.3 is 6.03 Å². The smallest absolute Gasteiger partial charge is 0.318 e. The minimum Gasteiger partial charge on any atom is -0.508 e. The number of rotatable bonds is 6. The van der Waals surface area contributed by atoms with Gasteiger partial charge in [-0.3, -0.25) is 0 Å². The Morgan fingerprint density at radius 2 is 1.79 bits per heavy atom. The maximum absolute atomic E-state index is 12.8. The summed E-state index contributed by atoms with van der Waals surface area (Å²) in [5.74, 6) is 2.27. The van der Waals surface area contributed by atoms with Gasteiger partial charge in [-0.2, -0.15) is 0 Å². The van der Waals surface area contributed by atoms with Crippen LogP contribution in [0.25, 0.3) is 0 Å². The molecule has 144 valence electrons. The minimum absolute atomic E-state index is 0.189. The summed E-state index contributed by atoms with van der Waals surface area (Å²) < 4.78 is 16.1. The average Bonchev–Trinajstić information content (AvgIpc) is 3.38. The van der Waals surface area contributed by atoms with Gasteiger partial charge in [-0.05, 0) is 47.5 Å². The Hall–Kier alpha value is -3.61. The van der Waals surface area contributed by atoms with Crippen molar-refractivity contribution in [2.24, 2.45) is 0 Å². The highest BCUT2D eigenvalue weighted by atomic mass is 16.7. The molecule has 28 heavy (non-hydrogen) atoms. The zero-order valence-electron chi connectivity index (χ0n) is 15.1. The van der Waals surface area contributed by atoms with Crippen LogP contribution in [0.2, 0.25) is 0 Å². The Bertz CT molecular complexity index is 938. The molecule has 0 aliphatic carbocycles. The lowest BCUT2D eigenvalue weighted by molar-refractivity contribution is 0.174. The third-order valence-corrected chi connectivity index (χ3v) is 4.40. The molecular weight excluding hydrogens is 360 g/mol. The van der Waals surface area contributed by atoms with Gasteiger partial charge in [0.2, 0.25) is 6.79 Å². The highest BCUT2D eigenvalue weighted by molar-refractivity contribution is 5.74. The molecule has 0 atom stereocenters. The van der Waals surface area contributed by atoms with Crippen molar-refractivity contribution in [2.45, 2.75) is 19.6 Å². The number of phenolic OH excluding ortho intramolecular Hbond substituents is 1. The summed E-state index contributed by atoms with van der Waals surface area (Å²) >= 11 is 0. The molecule has 1 aliphatic heterocycles. The molecule has 2 amide bonds. The molecule has 0 radical (unpaired) electrons. The monoisotopic (exact) mass is 380 g/mol. The van der Waals surface area contributed by atoms with Crippen LogP contribution in [0.3, 0.4) is 0 Å². The van der Waals surface area contributed by atoms with Crippen LogP contribution in [0.15, 0.2) is 65.3 Å². The largest absolute Gasteiger partial charge is 0.508 e. The molecule has 1 aliphatic rings. The maximum Gasteiger partial charge on any atom is 0.318 e. The zero-order chi connectivity index (χ0) is 19.3. The van der Waals surface area contributed by atoms with Crippen LogP contribution in [0.1, 0.15) is 16.9 Å². The lowest BCUT2D eigenvalue weighted by Gasteiger charge is -2.22. The van der Waals surface area contributed by atoms with Crippen molar-refractivity contribution in [3.63, 3.8) is 0 Å². The van der Waals surface area contributed by atoms with Gasteiger partial charge in [0.05, 0.1) is 12.8 Å². The quantitative estimate of drug-likeness (QED) is 0.682. The van der Waals surface area contributed by atoms with Gasteiger partial charge in [-0.1, -0.05) is 18.2 Å². The van der Waals surface area contributed by atoms with Gasteiger partial charge in [0, 0.05) is 13.1 Å². The summed E-state index contributed by atoms with van der Waals surface area (Å²) in [6.07, 6.45) is 1.58. The van der Waals surface area contributed by atoms with E-state index < -0.39 is 0 Å². The van der Waals surface area contributed by atoms with Crippen molar-refractivity contribution in [3.05, 3.63) is 77.7 Å². The van der Waals surface area contributed by atoms with E-state index in [0.29, 0.717) is 36.9 Å². The molecule has 0 fully saturated rings. The lowest BCUT2D eigenvalue weighted by atomic mass is 10.2. The summed E-state index contributed by atoms with van der Waals surface area (Å²) in [5, 5.41) is 12.4. The Kier molecular flexibility index (Phi) is 5.05. The van der Waals surface area contributed by atoms with Crippen LogP contribution in [0.5, 0.6) is 17.2 Å². The third-order valence-electron chi connectivity index (χ3n) is 4.40. The van der Waals surface area contributed by atoms with E-state index in [1.54, 1.807) is 41.5 Å². The standard InChI is InChI=1S/C21H20N2O5/c24-17-6-3-15(4-7-17)12-23(13-18-2-1-9-26-18)21(25)22-11-16-5-8-19-20(10-16)28-14-27-19/h1-10,24H,11-14H2,(H,22,25). The van der Waals surface area contributed by atoms with E-state index in [1.165, 1.54) is 0 Å². The first kappa shape index (κ1) is 17.8. The molecule has 7 nitrogen and oxygen atoms in total. The van der Waals surface area contributed by atoms with Crippen LogP contribution in [0.4, 0.5) is 4.79 Å². The summed E-state index contributed by atoms with van der Waals surface area (Å²) in [4.78, 5) is 14.5. The number of urea groups is 1. The minimum atomic E-state index is -0.220. The first-order valence-corrected chi connectivity index (χ1v) is 8.89. The molecule has 1 aromatic heterocycles. The number of phenols is 1. The van der Waals surface area contributed by atoms with Crippen molar-refractivity contribution in [1.82, 2.24) is 10.2 Å². The highest BCUT2D eigenvalue weighted by Gasteiger charge is 2.17. The van der Waals surface area contributed by atoms with E-state index in [2.05, 4.69) is 5.32 Å². The second-order valence-electron chi connectivity index (χ2n) is 6.45. The van der Waals surface area contributed by atoms with Gasteiger partial charge in [-0.15, -0.1) is 0 Å². The van der Waals surface area contributed by atoms with E-state index in [4.69, 9.17) is 13.9 Å². The van der Waals surface area contributed by atoms with Crippen LogP contribution >= 0.6 is 0 Å². The number of nitrogens with one attached hydrogen (secondary N) is 1. The zero-order valence-corrected chi connectivity index (χ0v) is 15.1. The number of aromatic hydroxyl groups is 1. The topological polar surface area (TPSA) is 84.2 Å². The van der Waals surface area contributed by atoms with E-state index in [0.717, 1.165) is 11.1 Å². The van der Waals surface area contributed by atoms with Crippen molar-refractivity contribution < 1.29 is 23.8 Å². The number of hydrogen-bond acceptors (Lipinski definition) is 5. The first-order chi connectivity index (χ1) is 13.7. The van der Waals surface area contributed by atoms with Gasteiger partial charge < -0.3 is 29.2 Å². The van der Waals surface area contributed by atoms with E-state index in [9.17, 15) is 9.90 Å². The highest BCUT2D eigenvalue weighted by Crippen LogP contribution is 2.32. The molecule has 0 saturated carbocycles. The molecule has 0 saturated heterocycles. The second kappa shape index (κ2) is 7.96. The summed E-state index contributed by atoms with van der Waals surface area (Å²) in [5.41, 5.74) is 1.82. The molecule has 3 aromatic rings. The number of amides is 2. The van der Waals surface area contributed by atoms with E-state index in [1.807, 2.05) is 24.3 Å². The number of fused-ring (bicyclic) bond motifs is 1. The summed E-state index contributed by atoms with van der Waals surface area (Å²) in [6, 6.07) is 15.8. The molecule has 0 spiro atoms. The Labute approximate surface area is 162 Å². The third kappa shape index (κ3) is 4.20. The van der Waals surface area contributed by atoms with Crippen molar-refractivity contribution in [3.8, 4) is 17.2 Å². The van der Waals surface area contributed by atoms with Crippen LogP contribution in [0, 0.1) is 0 Å². The van der Waals surface area contributed by atoms with Crippen LogP contribution in [-0.2, 0) is 19.6 Å². The first-order valence-electron chi connectivity index (χ1n) is 8.89. The number of hydrogen-bond donors (Lipinski definition) is 2. The van der Waals surface area contributed by atoms with Crippen molar-refractivity contribution >= 4 is 6.03 Å². The van der Waals surface area contributed by atoms with Crippen LogP contribution in [-0.4, -0.2) is 22.8 Å². The predicted molar refractivity (Wildman–Crippen MR) is 101 cm³/mol. The lowest BCUT2D eigenvalue weighted by Crippen LogP contribution is -2.38. The molecule has 7 heteroatoms. The van der Waals surface area contributed by atoms with E-state index in [-0.39, 0.29) is 18.6 Å². The number of carbonyl (C=O) groups excluding carboxylic acids is 1. The second-order valence-corrected chi connectivity index (χ2v) is 6.45. The van der Waals surface area contributed by atoms with Gasteiger partial charge in [0.15, 0.2) is 11.5 Å². The van der Waals surface area contributed by atoms with Gasteiger partial charge in [-0.25, -0.2) is 4.79 Å². The summed E-state index contributed by atoms with van der Waals surface area (Å²) in [6.45, 7) is 1.29. The molecule has 4 rings (SSSR count). The van der Waals surface area contributed by atoms with E-state index >= 15 is 0 Å². The fraction of sp³-hybridized carbons (Fsp3) is 0.190. The summed E-state index contributed by atoms with van der Waals surface area (Å²) in [7, 11) is 0. The predicted octanol–water partition coefficient (Wildman–Crippen LogP) is 3.63. The molecular formula is C21H20N2O5. The van der Waals surface area contributed by atoms with Gasteiger partial charge in [0.25, 0.3) is 0 Å². The van der Waals surface area contributed by atoms with Crippen molar-refractivity contribution in [2.75, 3.05) is 6.79 Å². The van der Waals surface area contributed by atoms with Gasteiger partial charge in [0.1, 0.15) is 11.5 Å². The number of nitrogens with zero attached hydrogens (tertiary/aromatic N) is 1. The Morgan fingerprint density at radius 1 is 1.00 bits per heavy atom. The molecule has 0 unspecified atom stereocenters. The normalized spacial score (nSPS) is 12.0. The fourth-order valence-corrected chi connectivity index (χ4v) is 2.95. The Balaban J connectivity index is 1.43. The number of benzene rings is 2. The fourth-order valence-electron chi connectivity index (χ4n) is 2.95. The molecule has 2 heterocycles. The number of ether oxygens (including phenoxy) is 2. The average molecular weight is 380 g/mol. The molecule has 0 bridgehead atoms. The van der Waals surface area contributed by atoms with Crippen LogP contribution < -0.4 is 14.8 Å².